The second-order valence-corrected chi connectivity index (χ2v) is 10.8. The van der Waals surface area contributed by atoms with Crippen LogP contribution in [0.3, 0.4) is 0 Å². The minimum absolute atomic E-state index is 0.00686. The van der Waals surface area contributed by atoms with Crippen molar-refractivity contribution in [2.45, 2.75) is 67.5 Å². The summed E-state index contributed by atoms with van der Waals surface area (Å²) in [5.41, 5.74) is 0.441. The third-order valence-electron chi connectivity index (χ3n) is 7.94. The second kappa shape index (κ2) is 13.6. The quantitative estimate of drug-likeness (QED) is 0.118. The average Bonchev–Trinajstić information content (AvgIpc) is 3.05. The molecular formula is C29H37O17+. The van der Waals surface area contributed by atoms with Crippen molar-refractivity contribution in [3.8, 4) is 17.2 Å². The molecule has 4 aliphatic rings. The second-order valence-electron chi connectivity index (χ2n) is 10.8. The lowest BCUT2D eigenvalue weighted by molar-refractivity contribution is -0.292. The van der Waals surface area contributed by atoms with Gasteiger partial charge in [0.1, 0.15) is 60.4 Å². The summed E-state index contributed by atoms with van der Waals surface area (Å²) in [7, 11) is 2.62. The Morgan fingerprint density at radius 2 is 1.24 bits per heavy atom. The number of allylic oxidation sites excluding steroid dienone is 2. The molecule has 17 heteroatoms. The summed E-state index contributed by atoms with van der Waals surface area (Å²) >= 11 is 0. The van der Waals surface area contributed by atoms with Gasteiger partial charge in [-0.2, -0.15) is 0 Å². The summed E-state index contributed by atoms with van der Waals surface area (Å²) in [4.78, 5) is 0. The van der Waals surface area contributed by atoms with Gasteiger partial charge in [-0.05, 0) is 0 Å². The molecule has 254 valence electrons. The minimum Gasteiger partial charge on any atom is -0.571 e. The molecular weight excluding hydrogens is 620 g/mol. The Bertz CT molecular complexity index is 1370. The molecule has 2 saturated heterocycles. The van der Waals surface area contributed by atoms with E-state index in [4.69, 9.17) is 28.4 Å². The normalized spacial score (nSPS) is 36.0. The zero-order chi connectivity index (χ0) is 33.4. The van der Waals surface area contributed by atoms with Crippen molar-refractivity contribution in [1.29, 1.82) is 0 Å². The molecule has 0 saturated carbocycles. The maximum Gasteiger partial charge on any atom is 0.305 e. The Kier molecular flexibility index (Phi) is 9.99. The van der Waals surface area contributed by atoms with E-state index in [0.29, 0.717) is 0 Å². The van der Waals surface area contributed by atoms with E-state index >= 15 is 0 Å². The van der Waals surface area contributed by atoms with Crippen LogP contribution < -0.4 is 9.47 Å². The molecule has 0 spiro atoms. The van der Waals surface area contributed by atoms with Gasteiger partial charge in [0.25, 0.3) is 0 Å². The zero-order valence-corrected chi connectivity index (χ0v) is 24.5. The first kappa shape index (κ1) is 33.7. The van der Waals surface area contributed by atoms with E-state index in [2.05, 4.69) is 4.74 Å². The van der Waals surface area contributed by atoms with E-state index in [0.717, 1.165) is 6.08 Å². The van der Waals surface area contributed by atoms with Gasteiger partial charge < -0.3 is 84.2 Å². The van der Waals surface area contributed by atoms with Crippen LogP contribution in [-0.2, 0) is 18.9 Å². The van der Waals surface area contributed by atoms with Crippen molar-refractivity contribution >= 4 is 5.76 Å². The van der Waals surface area contributed by atoms with Gasteiger partial charge in [-0.15, -0.1) is 0 Å². The predicted molar refractivity (Wildman–Crippen MR) is 151 cm³/mol. The maximum absolute atomic E-state index is 10.7. The van der Waals surface area contributed by atoms with Crippen LogP contribution in [0.15, 0.2) is 53.2 Å². The molecule has 11 N–H and O–H groups in total. The molecule has 0 bridgehead atoms. The Balaban J connectivity index is 1.58. The zero-order valence-electron chi connectivity index (χ0n) is 24.5. The van der Waals surface area contributed by atoms with Crippen LogP contribution in [-0.4, -0.2) is 151 Å². The van der Waals surface area contributed by atoms with E-state index < -0.39 is 80.7 Å². The van der Waals surface area contributed by atoms with Gasteiger partial charge in [-0.3, -0.25) is 0 Å². The van der Waals surface area contributed by atoms with Crippen LogP contribution in [0.1, 0.15) is 5.56 Å². The summed E-state index contributed by atoms with van der Waals surface area (Å²) in [6.45, 7) is -1.43. The van der Waals surface area contributed by atoms with Crippen LogP contribution >= 0.6 is 0 Å². The number of aliphatic hydroxyl groups excluding tert-OH is 9. The average molecular weight is 658 g/mol. The van der Waals surface area contributed by atoms with Crippen molar-refractivity contribution in [2.24, 2.45) is 0 Å². The number of aliphatic hydroxyl groups is 11. The van der Waals surface area contributed by atoms with Gasteiger partial charge in [-0.1, -0.05) is 0 Å². The Morgan fingerprint density at radius 1 is 0.717 bits per heavy atom. The van der Waals surface area contributed by atoms with Crippen LogP contribution in [0, 0.1) is 0 Å². The highest BCUT2D eigenvalue weighted by Gasteiger charge is 2.48. The molecule has 0 radical (unpaired) electrons. The third kappa shape index (κ3) is 6.21. The van der Waals surface area contributed by atoms with Gasteiger partial charge in [0.15, 0.2) is 11.5 Å². The predicted octanol–water partition coefficient (Wildman–Crippen LogP) is -3.11. The highest BCUT2D eigenvalue weighted by atomic mass is 16.7. The van der Waals surface area contributed by atoms with Crippen molar-refractivity contribution in [3.05, 3.63) is 58.8 Å². The van der Waals surface area contributed by atoms with E-state index in [1.54, 1.807) is 0 Å². The fourth-order valence-electron chi connectivity index (χ4n) is 5.36. The SMILES string of the molecule is COc1cc(C2=C(OC3OC(CO)C(O)C(O)C3O)C=C3C(OC4OC(CO)C(O)C(O)C4O)=CC(O)=CC3[OH+]2)cc(OC)c1O. The minimum atomic E-state index is -1.80. The number of aromatic hydroxyl groups is 1. The molecule has 11 unspecified atom stereocenters. The van der Waals surface area contributed by atoms with Gasteiger partial charge in [0.2, 0.25) is 30.2 Å². The van der Waals surface area contributed by atoms with E-state index in [-0.39, 0.29) is 51.4 Å². The van der Waals surface area contributed by atoms with Crippen LogP contribution in [0.25, 0.3) is 5.76 Å². The smallest absolute Gasteiger partial charge is 0.305 e. The maximum atomic E-state index is 10.7. The molecule has 1 aromatic rings. The Labute approximate surface area is 261 Å². The molecule has 1 aliphatic carbocycles. The standard InChI is InChI=1S/C29H36O17/c1-40-15-3-10(4-16(41-2)20(15)33)27-17(44-29-26(39)24(37)22(35)19(9-31)46-29)7-12-13(42-27)5-11(32)6-14(12)43-28-25(38)23(36)21(34)18(8-30)45-28/h3-7,13,18-19,21-26,28-39H,8-9H2,1-2H3/p+1. The number of ether oxygens (including phenoxy) is 7. The lowest BCUT2D eigenvalue weighted by Crippen LogP contribution is -2.59. The molecule has 1 aromatic carbocycles. The topological polar surface area (TPSA) is 270 Å². The molecule has 3 heterocycles. The van der Waals surface area contributed by atoms with E-state index in [9.17, 15) is 51.1 Å². The van der Waals surface area contributed by atoms with Gasteiger partial charge in [0, 0.05) is 24.3 Å². The number of benzene rings is 1. The molecule has 0 amide bonds. The molecule has 17 nitrogen and oxygen atoms in total. The van der Waals surface area contributed by atoms with Gasteiger partial charge in [-0.25, -0.2) is 0 Å². The number of hydrogen-bond donors (Lipinski definition) is 10. The summed E-state index contributed by atoms with van der Waals surface area (Å²) in [5.74, 6) is -0.868. The summed E-state index contributed by atoms with van der Waals surface area (Å²) < 4.78 is 38.0. The van der Waals surface area contributed by atoms with Gasteiger partial charge >= 0.3 is 5.76 Å². The van der Waals surface area contributed by atoms with Crippen molar-refractivity contribution in [3.63, 3.8) is 0 Å². The lowest BCUT2D eigenvalue weighted by Gasteiger charge is -2.41. The van der Waals surface area contributed by atoms with Crippen LogP contribution in [0.5, 0.6) is 17.2 Å². The van der Waals surface area contributed by atoms with Crippen molar-refractivity contribution in [1.82, 2.24) is 0 Å². The Morgan fingerprint density at radius 3 is 1.74 bits per heavy atom. The number of phenolic OH excluding ortho intramolecular Hbond substituents is 1. The summed E-state index contributed by atoms with van der Waals surface area (Å²) in [6, 6.07) is 2.81. The molecule has 3 aliphatic heterocycles. The molecule has 5 rings (SSSR count). The monoisotopic (exact) mass is 657 g/mol. The molecule has 2 fully saturated rings. The third-order valence-corrected chi connectivity index (χ3v) is 7.94. The lowest BCUT2D eigenvalue weighted by atomic mass is 9.96. The summed E-state index contributed by atoms with van der Waals surface area (Å²) in [5, 5.41) is 102. The highest BCUT2D eigenvalue weighted by Crippen LogP contribution is 2.43. The number of methoxy groups -OCH3 is 2. The largest absolute Gasteiger partial charge is 0.571 e. The van der Waals surface area contributed by atoms with Crippen molar-refractivity contribution < 1.29 is 84.2 Å². The fraction of sp³-hybridized carbons (Fsp3) is 0.517. The highest BCUT2D eigenvalue weighted by molar-refractivity contribution is 5.71. The number of rotatable bonds is 9. The molecule has 0 aromatic heterocycles. The van der Waals surface area contributed by atoms with Crippen LogP contribution in [0.2, 0.25) is 0 Å². The number of phenols is 1. The number of fused-ring (bicyclic) bond motifs is 1. The first-order valence-electron chi connectivity index (χ1n) is 14.1. The Hall–Kier alpha value is -3.62. The first-order valence-corrected chi connectivity index (χ1v) is 14.1. The van der Waals surface area contributed by atoms with Crippen LogP contribution in [0.4, 0.5) is 0 Å². The van der Waals surface area contributed by atoms with Crippen molar-refractivity contribution in [2.75, 3.05) is 27.4 Å². The van der Waals surface area contributed by atoms with E-state index in [1.165, 1.54) is 38.5 Å². The summed E-state index contributed by atoms with van der Waals surface area (Å²) in [6.07, 6.45) is -13.4. The fourth-order valence-corrected chi connectivity index (χ4v) is 5.36. The van der Waals surface area contributed by atoms with Gasteiger partial charge in [0.05, 0.1) is 44.6 Å². The molecule has 11 atom stereocenters. The number of hydrogen-bond acceptors (Lipinski definition) is 16. The van der Waals surface area contributed by atoms with E-state index in [1.807, 2.05) is 0 Å². The molecule has 46 heavy (non-hydrogen) atoms. The first-order chi connectivity index (χ1) is 21.9.